The Kier molecular flexibility index (Phi) is 6.43. The number of benzene rings is 1. The van der Waals surface area contributed by atoms with Crippen molar-refractivity contribution in [3.05, 3.63) is 29.8 Å². The SMILES string of the molecule is CCCCNC(=O)CNC(=O)c1ccccc1OC. The predicted molar refractivity (Wildman–Crippen MR) is 73.2 cm³/mol. The number of unbranched alkanes of at least 4 members (excludes halogenated alkanes) is 1. The van der Waals surface area contributed by atoms with Gasteiger partial charge in [-0.05, 0) is 18.6 Å². The molecule has 0 fully saturated rings. The van der Waals surface area contributed by atoms with E-state index >= 15 is 0 Å². The predicted octanol–water partition coefficient (Wildman–Crippen LogP) is 1.34. The minimum atomic E-state index is -0.317. The van der Waals surface area contributed by atoms with Crippen LogP contribution < -0.4 is 15.4 Å². The fourth-order valence-electron chi connectivity index (χ4n) is 1.56. The van der Waals surface area contributed by atoms with Crippen LogP contribution in [0.4, 0.5) is 0 Å². The van der Waals surface area contributed by atoms with Gasteiger partial charge in [0.05, 0.1) is 19.2 Å². The molecule has 0 saturated heterocycles. The maximum absolute atomic E-state index is 11.9. The topological polar surface area (TPSA) is 67.4 Å². The highest BCUT2D eigenvalue weighted by atomic mass is 16.5. The molecule has 0 spiro atoms. The van der Waals surface area contributed by atoms with Crippen molar-refractivity contribution in [1.82, 2.24) is 10.6 Å². The van der Waals surface area contributed by atoms with E-state index in [0.29, 0.717) is 17.9 Å². The smallest absolute Gasteiger partial charge is 0.255 e. The number of amides is 2. The minimum Gasteiger partial charge on any atom is -0.496 e. The third kappa shape index (κ3) is 4.99. The van der Waals surface area contributed by atoms with Crippen molar-refractivity contribution in [3.63, 3.8) is 0 Å². The standard InChI is InChI=1S/C14H20N2O3/c1-3-4-9-15-13(17)10-16-14(18)11-7-5-6-8-12(11)19-2/h5-8H,3-4,9-10H2,1-2H3,(H,15,17)(H,16,18). The van der Waals surface area contributed by atoms with Gasteiger partial charge in [-0.1, -0.05) is 25.5 Å². The van der Waals surface area contributed by atoms with Gasteiger partial charge in [-0.15, -0.1) is 0 Å². The number of methoxy groups -OCH3 is 1. The van der Waals surface area contributed by atoms with E-state index in [1.807, 2.05) is 0 Å². The molecule has 1 aromatic rings. The number of hydrogen-bond acceptors (Lipinski definition) is 3. The summed E-state index contributed by atoms with van der Waals surface area (Å²) in [5.74, 6) is -0.00817. The molecule has 0 saturated carbocycles. The maximum atomic E-state index is 11.9. The van der Waals surface area contributed by atoms with Crippen LogP contribution in [0.5, 0.6) is 5.75 Å². The van der Waals surface area contributed by atoms with Crippen molar-refractivity contribution < 1.29 is 14.3 Å². The summed E-state index contributed by atoms with van der Waals surface area (Å²) in [5.41, 5.74) is 0.423. The minimum absolute atomic E-state index is 0.0272. The highest BCUT2D eigenvalue weighted by Crippen LogP contribution is 2.16. The van der Waals surface area contributed by atoms with Crippen LogP contribution in [-0.2, 0) is 4.79 Å². The molecule has 0 aliphatic heterocycles. The molecule has 0 bridgehead atoms. The Morgan fingerprint density at radius 2 is 1.95 bits per heavy atom. The number of nitrogens with one attached hydrogen (secondary N) is 2. The molecule has 0 aliphatic rings. The molecule has 19 heavy (non-hydrogen) atoms. The highest BCUT2D eigenvalue weighted by Gasteiger charge is 2.12. The van der Waals surface area contributed by atoms with Crippen LogP contribution in [0.15, 0.2) is 24.3 Å². The van der Waals surface area contributed by atoms with Gasteiger partial charge in [0.25, 0.3) is 5.91 Å². The zero-order chi connectivity index (χ0) is 14.1. The Bertz CT molecular complexity index is 432. The molecule has 2 N–H and O–H groups in total. The maximum Gasteiger partial charge on any atom is 0.255 e. The van der Waals surface area contributed by atoms with Crippen LogP contribution in [0.1, 0.15) is 30.1 Å². The first-order valence-electron chi connectivity index (χ1n) is 6.37. The van der Waals surface area contributed by atoms with E-state index in [9.17, 15) is 9.59 Å². The second-order valence-corrected chi connectivity index (χ2v) is 4.09. The Hall–Kier alpha value is -2.04. The lowest BCUT2D eigenvalue weighted by Crippen LogP contribution is -2.37. The number of carbonyl (C=O) groups excluding carboxylic acids is 2. The lowest BCUT2D eigenvalue weighted by molar-refractivity contribution is -0.120. The molecular formula is C14H20N2O3. The molecule has 0 radical (unpaired) electrons. The van der Waals surface area contributed by atoms with Crippen molar-refractivity contribution in [2.75, 3.05) is 20.2 Å². The van der Waals surface area contributed by atoms with Crippen LogP contribution in [0.3, 0.4) is 0 Å². The first-order valence-corrected chi connectivity index (χ1v) is 6.37. The summed E-state index contributed by atoms with van der Waals surface area (Å²) in [6.07, 6.45) is 1.96. The van der Waals surface area contributed by atoms with E-state index in [4.69, 9.17) is 4.74 Å². The van der Waals surface area contributed by atoms with Crippen molar-refractivity contribution in [2.24, 2.45) is 0 Å². The average molecular weight is 264 g/mol. The monoisotopic (exact) mass is 264 g/mol. The molecular weight excluding hydrogens is 244 g/mol. The lowest BCUT2D eigenvalue weighted by Gasteiger charge is -2.09. The van der Waals surface area contributed by atoms with Gasteiger partial charge < -0.3 is 15.4 Å². The van der Waals surface area contributed by atoms with Gasteiger partial charge in [0.15, 0.2) is 0 Å². The fourth-order valence-corrected chi connectivity index (χ4v) is 1.56. The van der Waals surface area contributed by atoms with Crippen LogP contribution in [0.25, 0.3) is 0 Å². The summed E-state index contributed by atoms with van der Waals surface area (Å²) in [7, 11) is 1.50. The van der Waals surface area contributed by atoms with Gasteiger partial charge in [-0.2, -0.15) is 0 Å². The average Bonchev–Trinajstić information content (AvgIpc) is 2.45. The molecule has 104 valence electrons. The molecule has 0 aromatic heterocycles. The summed E-state index contributed by atoms with van der Waals surface area (Å²) in [6, 6.07) is 6.89. The van der Waals surface area contributed by atoms with Crippen LogP contribution in [0, 0.1) is 0 Å². The van der Waals surface area contributed by atoms with Gasteiger partial charge in [-0.25, -0.2) is 0 Å². The summed E-state index contributed by atoms with van der Waals surface area (Å²) in [4.78, 5) is 23.3. The van der Waals surface area contributed by atoms with Gasteiger partial charge in [-0.3, -0.25) is 9.59 Å². The number of ether oxygens (including phenoxy) is 1. The number of para-hydroxylation sites is 1. The Balaban J connectivity index is 2.44. The van der Waals surface area contributed by atoms with E-state index in [1.165, 1.54) is 7.11 Å². The van der Waals surface area contributed by atoms with E-state index in [2.05, 4.69) is 17.6 Å². The molecule has 0 aliphatic carbocycles. The summed E-state index contributed by atoms with van der Waals surface area (Å²) in [6.45, 7) is 2.66. The van der Waals surface area contributed by atoms with Crippen LogP contribution in [0.2, 0.25) is 0 Å². The largest absolute Gasteiger partial charge is 0.496 e. The van der Waals surface area contributed by atoms with Crippen molar-refractivity contribution in [2.45, 2.75) is 19.8 Å². The summed E-state index contributed by atoms with van der Waals surface area (Å²) in [5, 5.41) is 5.30. The van der Waals surface area contributed by atoms with E-state index in [1.54, 1.807) is 24.3 Å². The first kappa shape index (κ1) is 15.0. The molecule has 0 unspecified atom stereocenters. The second kappa shape index (κ2) is 8.13. The summed E-state index contributed by atoms with van der Waals surface area (Å²) >= 11 is 0. The molecule has 5 nitrogen and oxygen atoms in total. The molecule has 1 rings (SSSR count). The molecule has 0 atom stereocenters. The van der Waals surface area contributed by atoms with E-state index in [-0.39, 0.29) is 18.4 Å². The zero-order valence-corrected chi connectivity index (χ0v) is 11.4. The van der Waals surface area contributed by atoms with Crippen molar-refractivity contribution in [3.8, 4) is 5.75 Å². The second-order valence-electron chi connectivity index (χ2n) is 4.09. The quantitative estimate of drug-likeness (QED) is 0.730. The fraction of sp³-hybridized carbons (Fsp3) is 0.429. The zero-order valence-electron chi connectivity index (χ0n) is 11.4. The van der Waals surface area contributed by atoms with E-state index < -0.39 is 0 Å². The van der Waals surface area contributed by atoms with Crippen molar-refractivity contribution >= 4 is 11.8 Å². The Labute approximate surface area is 113 Å². The Morgan fingerprint density at radius 3 is 2.63 bits per heavy atom. The third-order valence-corrected chi connectivity index (χ3v) is 2.61. The summed E-state index contributed by atoms with van der Waals surface area (Å²) < 4.78 is 5.09. The molecule has 1 aromatic carbocycles. The van der Waals surface area contributed by atoms with Crippen molar-refractivity contribution in [1.29, 1.82) is 0 Å². The third-order valence-electron chi connectivity index (χ3n) is 2.61. The van der Waals surface area contributed by atoms with Crippen LogP contribution >= 0.6 is 0 Å². The van der Waals surface area contributed by atoms with E-state index in [0.717, 1.165) is 12.8 Å². The Morgan fingerprint density at radius 1 is 1.21 bits per heavy atom. The normalized spacial score (nSPS) is 9.79. The molecule has 5 heteroatoms. The number of hydrogen-bond donors (Lipinski definition) is 2. The lowest BCUT2D eigenvalue weighted by atomic mass is 10.2. The van der Waals surface area contributed by atoms with Gasteiger partial charge in [0.2, 0.25) is 5.91 Å². The van der Waals surface area contributed by atoms with Gasteiger partial charge in [0, 0.05) is 6.54 Å². The first-order chi connectivity index (χ1) is 9.19. The van der Waals surface area contributed by atoms with Gasteiger partial charge in [0.1, 0.15) is 5.75 Å². The number of carbonyl (C=O) groups is 2. The van der Waals surface area contributed by atoms with Crippen LogP contribution in [-0.4, -0.2) is 32.0 Å². The highest BCUT2D eigenvalue weighted by molar-refractivity contribution is 5.98. The molecule has 2 amide bonds. The van der Waals surface area contributed by atoms with Gasteiger partial charge >= 0.3 is 0 Å². The number of rotatable bonds is 7. The molecule has 0 heterocycles.